The summed E-state index contributed by atoms with van der Waals surface area (Å²) in [6, 6.07) is 11.3. The van der Waals surface area contributed by atoms with Gasteiger partial charge in [0.15, 0.2) is 11.5 Å². The van der Waals surface area contributed by atoms with E-state index in [1.165, 1.54) is 0 Å². The van der Waals surface area contributed by atoms with Crippen molar-refractivity contribution in [1.29, 1.82) is 0 Å². The first-order valence-electron chi connectivity index (χ1n) is 9.16. The van der Waals surface area contributed by atoms with E-state index in [1.807, 2.05) is 16.7 Å². The lowest BCUT2D eigenvalue weighted by Crippen LogP contribution is -2.34. The molecule has 0 radical (unpaired) electrons. The number of benzene rings is 1. The van der Waals surface area contributed by atoms with Crippen LogP contribution in [0.2, 0.25) is 0 Å². The quantitative estimate of drug-likeness (QED) is 0.649. The predicted molar refractivity (Wildman–Crippen MR) is 109 cm³/mol. The maximum atomic E-state index is 13.5. The zero-order chi connectivity index (χ0) is 21.1. The van der Waals surface area contributed by atoms with E-state index < -0.39 is 23.5 Å². The number of halogens is 3. The largest absolute Gasteiger partial charge is 0.452 e. The molecular formula is C20H17F3N4O2S. The molecule has 1 saturated heterocycles. The molecule has 3 heterocycles. The van der Waals surface area contributed by atoms with Crippen molar-refractivity contribution in [3.05, 3.63) is 60.1 Å². The summed E-state index contributed by atoms with van der Waals surface area (Å²) in [5.41, 5.74) is -0.146. The van der Waals surface area contributed by atoms with Crippen LogP contribution in [-0.2, 0) is 6.18 Å². The molecule has 1 aliphatic heterocycles. The van der Waals surface area contributed by atoms with E-state index in [2.05, 4.69) is 15.3 Å². The number of hydrogen-bond donors (Lipinski definition) is 1. The molecule has 0 aliphatic carbocycles. The number of nitrogens with one attached hydrogen (secondary N) is 1. The highest BCUT2D eigenvalue weighted by molar-refractivity contribution is 7.99. The van der Waals surface area contributed by atoms with Crippen LogP contribution in [0, 0.1) is 0 Å². The molecule has 1 aromatic carbocycles. The van der Waals surface area contributed by atoms with E-state index in [0.717, 1.165) is 24.6 Å². The number of thioether (sulfide) groups is 1. The second-order valence-corrected chi connectivity index (χ2v) is 7.71. The van der Waals surface area contributed by atoms with E-state index in [4.69, 9.17) is 4.42 Å². The Balaban J connectivity index is 1.66. The summed E-state index contributed by atoms with van der Waals surface area (Å²) < 4.78 is 45.5. The highest BCUT2D eigenvalue weighted by atomic mass is 32.2. The molecule has 1 fully saturated rings. The van der Waals surface area contributed by atoms with Gasteiger partial charge in [-0.05, 0) is 24.3 Å². The van der Waals surface area contributed by atoms with Gasteiger partial charge < -0.3 is 14.6 Å². The molecule has 6 nitrogen and oxygen atoms in total. The minimum atomic E-state index is -4.87. The van der Waals surface area contributed by atoms with Gasteiger partial charge >= 0.3 is 6.18 Å². The number of amides is 1. The highest BCUT2D eigenvalue weighted by Crippen LogP contribution is 2.36. The SMILES string of the molecule is O=C(Nc1cccnc1N1CCSCC1)c1nc(-c2ccccc2)oc1C(F)(F)F. The average molecular weight is 434 g/mol. The molecule has 4 rings (SSSR count). The summed E-state index contributed by atoms with van der Waals surface area (Å²) >= 11 is 1.81. The highest BCUT2D eigenvalue weighted by Gasteiger charge is 2.42. The monoisotopic (exact) mass is 434 g/mol. The Morgan fingerprint density at radius 2 is 1.83 bits per heavy atom. The van der Waals surface area contributed by atoms with Gasteiger partial charge in [-0.1, -0.05) is 18.2 Å². The number of alkyl halides is 3. The van der Waals surface area contributed by atoms with Crippen molar-refractivity contribution in [3.8, 4) is 11.5 Å². The fraction of sp³-hybridized carbons (Fsp3) is 0.250. The lowest BCUT2D eigenvalue weighted by atomic mass is 10.2. The fourth-order valence-electron chi connectivity index (χ4n) is 3.07. The number of hydrogen-bond acceptors (Lipinski definition) is 6. The maximum absolute atomic E-state index is 13.5. The van der Waals surface area contributed by atoms with Crippen molar-refractivity contribution in [2.24, 2.45) is 0 Å². The molecule has 0 spiro atoms. The van der Waals surface area contributed by atoms with E-state index in [-0.39, 0.29) is 5.89 Å². The van der Waals surface area contributed by atoms with Gasteiger partial charge in [0.2, 0.25) is 11.7 Å². The van der Waals surface area contributed by atoms with Crippen LogP contribution in [0.4, 0.5) is 24.7 Å². The molecule has 0 bridgehead atoms. The Hall–Kier alpha value is -3.01. The third-order valence-corrected chi connectivity index (χ3v) is 5.41. The van der Waals surface area contributed by atoms with Crippen LogP contribution in [0.1, 0.15) is 16.2 Å². The molecule has 0 atom stereocenters. The van der Waals surface area contributed by atoms with E-state index >= 15 is 0 Å². The number of carbonyl (C=O) groups excluding carboxylic acids is 1. The molecule has 156 valence electrons. The Morgan fingerprint density at radius 1 is 1.10 bits per heavy atom. The third-order valence-electron chi connectivity index (χ3n) is 4.47. The predicted octanol–water partition coefficient (Wildman–Crippen LogP) is 4.56. The smallest absolute Gasteiger partial charge is 0.431 e. The van der Waals surface area contributed by atoms with E-state index in [0.29, 0.717) is 17.1 Å². The Bertz CT molecular complexity index is 1030. The molecular weight excluding hydrogens is 417 g/mol. The second kappa shape index (κ2) is 8.39. The normalized spacial score (nSPS) is 14.6. The zero-order valence-corrected chi connectivity index (χ0v) is 16.5. The molecule has 1 amide bonds. The Kier molecular flexibility index (Phi) is 5.67. The van der Waals surface area contributed by atoms with Gasteiger partial charge in [-0.25, -0.2) is 9.97 Å². The van der Waals surface area contributed by atoms with Crippen molar-refractivity contribution in [2.75, 3.05) is 34.8 Å². The van der Waals surface area contributed by atoms with Crippen LogP contribution in [-0.4, -0.2) is 40.5 Å². The fourth-order valence-corrected chi connectivity index (χ4v) is 3.98. The number of rotatable bonds is 4. The van der Waals surface area contributed by atoms with Gasteiger partial charge in [0, 0.05) is 36.4 Å². The van der Waals surface area contributed by atoms with Crippen LogP contribution in [0.3, 0.4) is 0 Å². The second-order valence-electron chi connectivity index (χ2n) is 6.49. The maximum Gasteiger partial charge on any atom is 0.452 e. The van der Waals surface area contributed by atoms with Gasteiger partial charge in [-0.3, -0.25) is 4.79 Å². The lowest BCUT2D eigenvalue weighted by molar-refractivity contribution is -0.153. The van der Waals surface area contributed by atoms with E-state index in [1.54, 1.807) is 48.7 Å². The first-order valence-corrected chi connectivity index (χ1v) is 10.3. The van der Waals surface area contributed by atoms with Gasteiger partial charge in [0.05, 0.1) is 5.69 Å². The summed E-state index contributed by atoms with van der Waals surface area (Å²) in [6.45, 7) is 1.47. The van der Waals surface area contributed by atoms with E-state index in [9.17, 15) is 18.0 Å². The van der Waals surface area contributed by atoms with Gasteiger partial charge in [-0.2, -0.15) is 24.9 Å². The van der Waals surface area contributed by atoms with Crippen molar-refractivity contribution >= 4 is 29.2 Å². The molecule has 2 aromatic heterocycles. The van der Waals surface area contributed by atoms with Crippen LogP contribution >= 0.6 is 11.8 Å². The van der Waals surface area contributed by atoms with Crippen molar-refractivity contribution < 1.29 is 22.4 Å². The first-order chi connectivity index (χ1) is 14.4. The number of anilines is 2. The molecule has 30 heavy (non-hydrogen) atoms. The summed E-state index contributed by atoms with van der Waals surface area (Å²) in [5, 5.41) is 2.53. The average Bonchev–Trinajstić information content (AvgIpc) is 3.22. The zero-order valence-electron chi connectivity index (χ0n) is 15.6. The Morgan fingerprint density at radius 3 is 2.53 bits per heavy atom. The summed E-state index contributed by atoms with van der Waals surface area (Å²) in [4.78, 5) is 22.9. The van der Waals surface area contributed by atoms with Crippen LogP contribution in [0.25, 0.3) is 11.5 Å². The molecule has 3 aromatic rings. The number of carbonyl (C=O) groups is 1. The van der Waals surface area contributed by atoms with Crippen molar-refractivity contribution in [1.82, 2.24) is 9.97 Å². The number of pyridine rings is 1. The first kappa shape index (κ1) is 20.3. The summed E-state index contributed by atoms with van der Waals surface area (Å²) in [7, 11) is 0. The molecule has 1 N–H and O–H groups in total. The van der Waals surface area contributed by atoms with Crippen LogP contribution < -0.4 is 10.2 Å². The number of aromatic nitrogens is 2. The summed E-state index contributed by atoms with van der Waals surface area (Å²) in [6.07, 6.45) is -3.29. The van der Waals surface area contributed by atoms with Gasteiger partial charge in [0.1, 0.15) is 0 Å². The van der Waals surface area contributed by atoms with Crippen LogP contribution in [0.15, 0.2) is 53.1 Å². The summed E-state index contributed by atoms with van der Waals surface area (Å²) in [5.74, 6) is -0.371. The molecule has 1 aliphatic rings. The standard InChI is InChI=1S/C20H17F3N4O2S/c21-20(22,23)16-15(26-19(29-16)13-5-2-1-3-6-13)18(28)25-14-7-4-8-24-17(14)27-9-11-30-12-10-27/h1-8H,9-12H2,(H,25,28). The molecule has 0 unspecified atom stereocenters. The number of oxazole rings is 1. The Labute approximate surface area is 174 Å². The minimum absolute atomic E-state index is 0.271. The number of nitrogens with zero attached hydrogens (tertiary/aromatic N) is 3. The van der Waals surface area contributed by atoms with Gasteiger partial charge in [-0.15, -0.1) is 0 Å². The molecule has 10 heteroatoms. The van der Waals surface area contributed by atoms with Crippen LogP contribution in [0.5, 0.6) is 0 Å². The minimum Gasteiger partial charge on any atom is -0.431 e. The van der Waals surface area contributed by atoms with Crippen molar-refractivity contribution in [3.63, 3.8) is 0 Å². The molecule has 0 saturated carbocycles. The lowest BCUT2D eigenvalue weighted by Gasteiger charge is -2.28. The van der Waals surface area contributed by atoms with Crippen molar-refractivity contribution in [2.45, 2.75) is 6.18 Å². The van der Waals surface area contributed by atoms with Gasteiger partial charge in [0.25, 0.3) is 5.91 Å². The third kappa shape index (κ3) is 4.28. The topological polar surface area (TPSA) is 71.3 Å².